The fraction of sp³-hybridized carbons (Fsp3) is 0.619. The lowest BCUT2D eigenvalue weighted by Gasteiger charge is -2.40. The highest BCUT2D eigenvalue weighted by Crippen LogP contribution is 2.33. The van der Waals surface area contributed by atoms with Crippen molar-refractivity contribution in [1.29, 1.82) is 0 Å². The lowest BCUT2D eigenvalue weighted by Crippen LogP contribution is -2.49. The van der Waals surface area contributed by atoms with Crippen molar-refractivity contribution in [2.45, 2.75) is 57.8 Å². The van der Waals surface area contributed by atoms with Gasteiger partial charge in [0.25, 0.3) is 0 Å². The van der Waals surface area contributed by atoms with Crippen LogP contribution in [0.4, 0.5) is 4.79 Å². The zero-order valence-electron chi connectivity index (χ0n) is 17.1. The molecule has 2 atom stereocenters. The maximum absolute atomic E-state index is 11.9. The van der Waals surface area contributed by atoms with E-state index in [0.29, 0.717) is 37.5 Å². The van der Waals surface area contributed by atoms with Crippen LogP contribution >= 0.6 is 11.6 Å². The van der Waals surface area contributed by atoms with Crippen molar-refractivity contribution in [3.63, 3.8) is 0 Å². The van der Waals surface area contributed by atoms with Crippen molar-refractivity contribution in [1.82, 2.24) is 10.2 Å². The molecule has 1 amide bonds. The molecule has 6 nitrogen and oxygen atoms in total. The van der Waals surface area contributed by atoms with Crippen LogP contribution in [0.1, 0.15) is 46.1 Å². The highest BCUT2D eigenvalue weighted by molar-refractivity contribution is 6.30. The van der Waals surface area contributed by atoms with E-state index in [9.17, 15) is 14.7 Å². The van der Waals surface area contributed by atoms with Gasteiger partial charge in [-0.3, -0.25) is 0 Å². The SMILES string of the molecule is CC(CN1CCC(O)(c2ccc(Cl)cc2)CC1)C(C=O)NC(=O)OC(C)(C)C. The van der Waals surface area contributed by atoms with Gasteiger partial charge in [-0.1, -0.05) is 30.7 Å². The van der Waals surface area contributed by atoms with E-state index in [-0.39, 0.29) is 5.92 Å². The van der Waals surface area contributed by atoms with Crippen LogP contribution in [0.25, 0.3) is 0 Å². The lowest BCUT2D eigenvalue weighted by molar-refractivity contribution is -0.111. The molecule has 1 aromatic carbocycles. The summed E-state index contributed by atoms with van der Waals surface area (Å²) in [6, 6.07) is 6.70. The van der Waals surface area contributed by atoms with E-state index in [0.717, 1.165) is 11.8 Å². The van der Waals surface area contributed by atoms with Gasteiger partial charge in [-0.2, -0.15) is 0 Å². The Hall–Kier alpha value is -1.63. The van der Waals surface area contributed by atoms with Crippen molar-refractivity contribution in [3.05, 3.63) is 34.9 Å². The Balaban J connectivity index is 1.87. The molecule has 2 rings (SSSR count). The molecular weight excluding hydrogens is 380 g/mol. The van der Waals surface area contributed by atoms with Crippen LogP contribution in [0.5, 0.6) is 0 Å². The van der Waals surface area contributed by atoms with Gasteiger partial charge in [-0.05, 0) is 57.2 Å². The topological polar surface area (TPSA) is 78.9 Å². The molecule has 156 valence electrons. The van der Waals surface area contributed by atoms with E-state index in [4.69, 9.17) is 16.3 Å². The van der Waals surface area contributed by atoms with E-state index in [1.54, 1.807) is 32.9 Å². The third-order valence-electron chi connectivity index (χ3n) is 5.05. The number of aldehydes is 1. The quantitative estimate of drug-likeness (QED) is 0.703. The summed E-state index contributed by atoms with van der Waals surface area (Å²) < 4.78 is 5.23. The molecular formula is C21H31ClN2O4. The van der Waals surface area contributed by atoms with Gasteiger partial charge in [0.1, 0.15) is 11.9 Å². The number of halogens is 1. The fourth-order valence-corrected chi connectivity index (χ4v) is 3.56. The Labute approximate surface area is 172 Å². The third-order valence-corrected chi connectivity index (χ3v) is 5.31. The molecule has 0 radical (unpaired) electrons. The number of alkyl carbamates (subject to hydrolysis) is 1. The van der Waals surface area contributed by atoms with Gasteiger partial charge in [0.05, 0.1) is 11.6 Å². The van der Waals surface area contributed by atoms with Crippen molar-refractivity contribution < 1.29 is 19.4 Å². The number of carbonyl (C=O) groups is 2. The second-order valence-electron chi connectivity index (χ2n) is 8.62. The zero-order valence-corrected chi connectivity index (χ0v) is 17.8. The molecule has 7 heteroatoms. The minimum atomic E-state index is -0.858. The Morgan fingerprint density at radius 3 is 2.39 bits per heavy atom. The molecule has 0 aromatic heterocycles. The Kier molecular flexibility index (Phi) is 7.48. The average Bonchev–Trinajstić information content (AvgIpc) is 2.60. The molecule has 0 aliphatic carbocycles. The molecule has 1 heterocycles. The molecule has 1 fully saturated rings. The predicted molar refractivity (Wildman–Crippen MR) is 109 cm³/mol. The maximum atomic E-state index is 11.9. The molecule has 1 aromatic rings. The van der Waals surface area contributed by atoms with Gasteiger partial charge in [0.2, 0.25) is 0 Å². The van der Waals surface area contributed by atoms with Gasteiger partial charge < -0.3 is 24.9 Å². The van der Waals surface area contributed by atoms with E-state index in [1.807, 2.05) is 19.1 Å². The zero-order chi connectivity index (χ0) is 20.9. The minimum Gasteiger partial charge on any atom is -0.444 e. The number of benzene rings is 1. The number of carbonyl (C=O) groups excluding carboxylic acids is 2. The minimum absolute atomic E-state index is 0.0771. The van der Waals surface area contributed by atoms with E-state index in [2.05, 4.69) is 10.2 Å². The summed E-state index contributed by atoms with van der Waals surface area (Å²) in [4.78, 5) is 25.6. The largest absolute Gasteiger partial charge is 0.444 e. The fourth-order valence-electron chi connectivity index (χ4n) is 3.43. The maximum Gasteiger partial charge on any atom is 0.408 e. The number of rotatable bonds is 6. The monoisotopic (exact) mass is 410 g/mol. The van der Waals surface area contributed by atoms with Gasteiger partial charge in [0.15, 0.2) is 0 Å². The normalized spacial score (nSPS) is 19.5. The molecule has 2 unspecified atom stereocenters. The van der Waals surface area contributed by atoms with Gasteiger partial charge in [-0.15, -0.1) is 0 Å². The summed E-state index contributed by atoms with van der Waals surface area (Å²) >= 11 is 5.93. The van der Waals surface area contributed by atoms with Crippen LogP contribution in [0.15, 0.2) is 24.3 Å². The van der Waals surface area contributed by atoms with Gasteiger partial charge in [-0.25, -0.2) is 4.79 Å². The number of nitrogens with zero attached hydrogens (tertiary/aromatic N) is 1. The number of hydrogen-bond donors (Lipinski definition) is 2. The summed E-state index contributed by atoms with van der Waals surface area (Å²) in [5.74, 6) is -0.0771. The molecule has 0 spiro atoms. The van der Waals surface area contributed by atoms with Crippen LogP contribution in [-0.2, 0) is 15.1 Å². The number of hydrogen-bond acceptors (Lipinski definition) is 5. The summed E-state index contributed by atoms with van der Waals surface area (Å²) in [6.45, 7) is 9.33. The van der Waals surface area contributed by atoms with Crippen LogP contribution in [0.3, 0.4) is 0 Å². The smallest absolute Gasteiger partial charge is 0.408 e. The van der Waals surface area contributed by atoms with Crippen LogP contribution in [0.2, 0.25) is 5.02 Å². The second-order valence-corrected chi connectivity index (χ2v) is 9.06. The average molecular weight is 411 g/mol. The molecule has 0 saturated carbocycles. The van der Waals surface area contributed by atoms with Crippen molar-refractivity contribution in [2.75, 3.05) is 19.6 Å². The lowest BCUT2D eigenvalue weighted by atomic mass is 9.84. The molecule has 2 N–H and O–H groups in total. The number of piperidine rings is 1. The predicted octanol–water partition coefficient (Wildman–Crippen LogP) is 3.35. The first-order chi connectivity index (χ1) is 13.0. The third kappa shape index (κ3) is 6.47. The van der Waals surface area contributed by atoms with E-state index in [1.165, 1.54) is 0 Å². The van der Waals surface area contributed by atoms with Gasteiger partial charge in [0, 0.05) is 24.7 Å². The first-order valence-corrected chi connectivity index (χ1v) is 10.1. The number of ether oxygens (including phenoxy) is 1. The highest BCUT2D eigenvalue weighted by atomic mass is 35.5. The first kappa shape index (κ1) is 22.7. The summed E-state index contributed by atoms with van der Waals surface area (Å²) in [7, 11) is 0. The van der Waals surface area contributed by atoms with E-state index < -0.39 is 23.3 Å². The van der Waals surface area contributed by atoms with Crippen LogP contribution in [-0.4, -0.2) is 53.7 Å². The van der Waals surface area contributed by atoms with Crippen LogP contribution < -0.4 is 5.32 Å². The van der Waals surface area contributed by atoms with Crippen molar-refractivity contribution in [3.8, 4) is 0 Å². The molecule has 28 heavy (non-hydrogen) atoms. The number of aliphatic hydroxyl groups is 1. The first-order valence-electron chi connectivity index (χ1n) is 9.68. The van der Waals surface area contributed by atoms with Crippen LogP contribution in [0, 0.1) is 5.92 Å². The Morgan fingerprint density at radius 1 is 1.32 bits per heavy atom. The Morgan fingerprint density at radius 2 is 1.89 bits per heavy atom. The second kappa shape index (κ2) is 9.25. The summed E-state index contributed by atoms with van der Waals surface area (Å²) in [5.41, 5.74) is -0.593. The number of nitrogens with one attached hydrogen (secondary N) is 1. The molecule has 1 aliphatic heterocycles. The summed E-state index contributed by atoms with van der Waals surface area (Å²) in [5, 5.41) is 14.3. The number of amides is 1. The van der Waals surface area contributed by atoms with Crippen molar-refractivity contribution in [2.24, 2.45) is 5.92 Å². The number of likely N-dealkylation sites (tertiary alicyclic amines) is 1. The molecule has 0 bridgehead atoms. The molecule has 1 aliphatic rings. The van der Waals surface area contributed by atoms with E-state index >= 15 is 0 Å². The molecule has 1 saturated heterocycles. The van der Waals surface area contributed by atoms with Gasteiger partial charge >= 0.3 is 6.09 Å². The highest BCUT2D eigenvalue weighted by Gasteiger charge is 2.35. The standard InChI is InChI=1S/C21H31ClN2O4/c1-15(18(14-25)23-19(26)28-20(2,3)4)13-24-11-9-21(27,10-12-24)16-5-7-17(22)8-6-16/h5-8,14-15,18,27H,9-13H2,1-4H3,(H,23,26). The van der Waals surface area contributed by atoms with Crippen molar-refractivity contribution >= 4 is 24.0 Å². The summed E-state index contributed by atoms with van der Waals surface area (Å²) in [6.07, 6.45) is 1.37. The Bertz CT molecular complexity index is 664.